The molecule has 1 aromatic carbocycles. The number of aliphatic imine (C=N–C) groups is 1. The Morgan fingerprint density at radius 3 is 2.90 bits per heavy atom. The van der Waals surface area contributed by atoms with E-state index in [4.69, 9.17) is 9.57 Å². The molecule has 0 saturated carbocycles. The molecule has 0 bridgehead atoms. The van der Waals surface area contributed by atoms with Gasteiger partial charge in [-0.25, -0.2) is 29.2 Å². The van der Waals surface area contributed by atoms with Crippen molar-refractivity contribution in [1.29, 1.82) is 0 Å². The molecule has 1 aliphatic heterocycles. The molecule has 9 heteroatoms. The average Bonchev–Trinajstić information content (AvgIpc) is 3.25. The number of hydroxylamine groups is 1. The first kappa shape index (κ1) is 19.1. The van der Waals surface area contributed by atoms with Crippen LogP contribution in [0.5, 0.6) is 5.75 Å². The molecule has 152 valence electrons. The number of hydrogen-bond acceptors (Lipinski definition) is 7. The van der Waals surface area contributed by atoms with Crippen molar-refractivity contribution in [3.8, 4) is 5.75 Å². The van der Waals surface area contributed by atoms with Gasteiger partial charge in [0.1, 0.15) is 17.4 Å². The third-order valence-electron chi connectivity index (χ3n) is 4.51. The fourth-order valence-electron chi connectivity index (χ4n) is 3.16. The third kappa shape index (κ3) is 3.86. The molecule has 2 N–H and O–H groups in total. The molecule has 4 rings (SSSR count). The number of halogens is 1. The highest BCUT2D eigenvalue weighted by molar-refractivity contribution is 6.03. The summed E-state index contributed by atoms with van der Waals surface area (Å²) in [7, 11) is 0. The van der Waals surface area contributed by atoms with Crippen LogP contribution in [0.25, 0.3) is 5.65 Å². The van der Waals surface area contributed by atoms with E-state index in [9.17, 15) is 4.39 Å². The molecule has 1 aliphatic rings. The van der Waals surface area contributed by atoms with Gasteiger partial charge in [-0.05, 0) is 52.0 Å². The monoisotopic (exact) mass is 398 g/mol. The van der Waals surface area contributed by atoms with Gasteiger partial charge in [-0.2, -0.15) is 5.10 Å². The Kier molecular flexibility index (Phi) is 4.83. The largest absolute Gasteiger partial charge is 0.494 e. The van der Waals surface area contributed by atoms with Gasteiger partial charge in [0, 0.05) is 11.8 Å². The van der Waals surface area contributed by atoms with E-state index in [-0.39, 0.29) is 11.9 Å². The molecule has 3 aromatic rings. The number of ether oxygens (including phenoxy) is 1. The summed E-state index contributed by atoms with van der Waals surface area (Å²) in [5.41, 5.74) is 4.26. The molecule has 0 unspecified atom stereocenters. The van der Waals surface area contributed by atoms with Crippen LogP contribution < -0.4 is 15.5 Å². The zero-order valence-electron chi connectivity index (χ0n) is 16.7. The molecule has 0 spiro atoms. The molecular formula is C20H23FN6O2. The van der Waals surface area contributed by atoms with E-state index in [1.807, 2.05) is 33.8 Å². The zero-order valence-corrected chi connectivity index (χ0v) is 16.7. The number of anilines is 1. The summed E-state index contributed by atoms with van der Waals surface area (Å²) in [6.07, 6.45) is 3.49. The summed E-state index contributed by atoms with van der Waals surface area (Å²) in [5, 5.41) is 7.63. The maximum absolute atomic E-state index is 13.8. The summed E-state index contributed by atoms with van der Waals surface area (Å²) in [6, 6.07) is 6.09. The van der Waals surface area contributed by atoms with Gasteiger partial charge in [-0.1, -0.05) is 0 Å². The minimum absolute atomic E-state index is 0.224. The molecule has 1 atom stereocenters. The van der Waals surface area contributed by atoms with Gasteiger partial charge in [-0.15, -0.1) is 0 Å². The smallest absolute Gasteiger partial charge is 0.182 e. The van der Waals surface area contributed by atoms with Crippen LogP contribution in [0, 0.1) is 5.82 Å². The first-order chi connectivity index (χ1) is 13.9. The topological polar surface area (TPSA) is 85.1 Å². The maximum atomic E-state index is 13.8. The van der Waals surface area contributed by atoms with Gasteiger partial charge in [0.05, 0.1) is 24.4 Å². The lowest BCUT2D eigenvalue weighted by Crippen LogP contribution is -2.23. The summed E-state index contributed by atoms with van der Waals surface area (Å²) in [4.78, 5) is 14.6. The lowest BCUT2D eigenvalue weighted by atomic mass is 10.1. The fraction of sp³-hybridized carbons (Fsp3) is 0.350. The Labute approximate surface area is 167 Å². The quantitative estimate of drug-likeness (QED) is 0.662. The first-order valence-electron chi connectivity index (χ1n) is 9.43. The van der Waals surface area contributed by atoms with Crippen molar-refractivity contribution in [3.05, 3.63) is 53.6 Å². The van der Waals surface area contributed by atoms with Crippen molar-refractivity contribution in [2.24, 2.45) is 4.99 Å². The predicted octanol–water partition coefficient (Wildman–Crippen LogP) is 3.46. The molecule has 0 amide bonds. The van der Waals surface area contributed by atoms with E-state index in [1.165, 1.54) is 12.1 Å². The second kappa shape index (κ2) is 7.32. The van der Waals surface area contributed by atoms with Gasteiger partial charge in [-0.3, -0.25) is 0 Å². The molecule has 0 radical (unpaired) electrons. The van der Waals surface area contributed by atoms with Crippen molar-refractivity contribution in [2.45, 2.75) is 39.5 Å². The molecule has 0 saturated heterocycles. The van der Waals surface area contributed by atoms with E-state index in [1.54, 1.807) is 23.0 Å². The van der Waals surface area contributed by atoms with Crippen molar-refractivity contribution in [2.75, 3.05) is 11.9 Å². The van der Waals surface area contributed by atoms with Crippen LogP contribution in [-0.2, 0) is 4.84 Å². The number of fused-ring (bicyclic) bond motifs is 1. The molecule has 29 heavy (non-hydrogen) atoms. The number of benzene rings is 1. The standard InChI is InChI=1S/C20H23FN6O2/c1-5-28-16-7-6-13(21)10-14(16)12(2)23-17-8-9-27-19(24-17)15(11-22-27)18-25-20(3,4)29-26-18/h6-12H,5H2,1-4H3,(H,23,24)(H,25,26)/t12-/m1/s1. The van der Waals surface area contributed by atoms with Crippen molar-refractivity contribution in [1.82, 2.24) is 20.1 Å². The summed E-state index contributed by atoms with van der Waals surface area (Å²) in [6.45, 7) is 8.04. The second-order valence-electron chi connectivity index (χ2n) is 7.23. The van der Waals surface area contributed by atoms with Crippen LogP contribution in [0.15, 0.2) is 41.7 Å². The zero-order chi connectivity index (χ0) is 20.6. The minimum Gasteiger partial charge on any atom is -0.494 e. The highest BCUT2D eigenvalue weighted by Crippen LogP contribution is 2.29. The lowest BCUT2D eigenvalue weighted by molar-refractivity contribution is -0.0269. The van der Waals surface area contributed by atoms with Crippen molar-refractivity contribution >= 4 is 17.3 Å². The molecule has 0 fully saturated rings. The van der Waals surface area contributed by atoms with Crippen LogP contribution in [0.2, 0.25) is 0 Å². The van der Waals surface area contributed by atoms with Gasteiger partial charge in [0.15, 0.2) is 17.2 Å². The second-order valence-corrected chi connectivity index (χ2v) is 7.23. The van der Waals surface area contributed by atoms with Crippen LogP contribution >= 0.6 is 0 Å². The number of amidine groups is 1. The Morgan fingerprint density at radius 2 is 2.17 bits per heavy atom. The maximum Gasteiger partial charge on any atom is 0.182 e. The fourth-order valence-corrected chi connectivity index (χ4v) is 3.16. The SMILES string of the molecule is CCOc1ccc(F)cc1[C@@H](C)Nc1ccn2ncc(C3=NC(C)(C)ON3)c2n1. The van der Waals surface area contributed by atoms with Crippen LogP contribution in [0.4, 0.5) is 10.2 Å². The van der Waals surface area contributed by atoms with Crippen molar-refractivity contribution < 1.29 is 14.0 Å². The Hall–Kier alpha value is -3.20. The van der Waals surface area contributed by atoms with E-state index < -0.39 is 5.72 Å². The van der Waals surface area contributed by atoms with Crippen molar-refractivity contribution in [3.63, 3.8) is 0 Å². The van der Waals surface area contributed by atoms with E-state index >= 15 is 0 Å². The molecule has 3 heterocycles. The molecule has 0 aliphatic carbocycles. The van der Waals surface area contributed by atoms with Crippen LogP contribution in [0.3, 0.4) is 0 Å². The van der Waals surface area contributed by atoms with E-state index in [0.29, 0.717) is 29.7 Å². The number of nitrogens with one attached hydrogen (secondary N) is 2. The number of rotatable bonds is 6. The third-order valence-corrected chi connectivity index (χ3v) is 4.51. The van der Waals surface area contributed by atoms with Crippen LogP contribution in [0.1, 0.15) is 44.9 Å². The van der Waals surface area contributed by atoms with Gasteiger partial charge in [0.2, 0.25) is 0 Å². The Bertz CT molecular complexity index is 1080. The highest BCUT2D eigenvalue weighted by atomic mass is 19.1. The normalized spacial score (nSPS) is 16.4. The summed E-state index contributed by atoms with van der Waals surface area (Å²) < 4.78 is 21.1. The Balaban J connectivity index is 1.64. The lowest BCUT2D eigenvalue weighted by Gasteiger charge is -2.18. The number of aromatic nitrogens is 3. The molecule has 2 aromatic heterocycles. The van der Waals surface area contributed by atoms with E-state index in [2.05, 4.69) is 25.9 Å². The summed E-state index contributed by atoms with van der Waals surface area (Å²) in [5.74, 6) is 1.53. The van der Waals surface area contributed by atoms with Gasteiger partial charge >= 0.3 is 0 Å². The summed E-state index contributed by atoms with van der Waals surface area (Å²) >= 11 is 0. The van der Waals surface area contributed by atoms with Gasteiger partial charge < -0.3 is 10.1 Å². The van der Waals surface area contributed by atoms with E-state index in [0.717, 1.165) is 11.1 Å². The molecule has 8 nitrogen and oxygen atoms in total. The minimum atomic E-state index is -0.652. The predicted molar refractivity (Wildman–Crippen MR) is 107 cm³/mol. The number of nitrogens with zero attached hydrogens (tertiary/aromatic N) is 4. The van der Waals surface area contributed by atoms with Crippen LogP contribution in [-0.4, -0.2) is 32.8 Å². The van der Waals surface area contributed by atoms with Gasteiger partial charge in [0.25, 0.3) is 0 Å². The number of hydrogen-bond donors (Lipinski definition) is 2. The molecular weight excluding hydrogens is 375 g/mol. The Morgan fingerprint density at radius 1 is 1.34 bits per heavy atom. The first-order valence-corrected chi connectivity index (χ1v) is 9.43. The average molecular weight is 398 g/mol. The highest BCUT2D eigenvalue weighted by Gasteiger charge is 2.28.